The summed E-state index contributed by atoms with van der Waals surface area (Å²) in [5.41, 5.74) is 0. The minimum atomic E-state index is 0.377. The van der Waals surface area contributed by atoms with Gasteiger partial charge in [0, 0.05) is 0 Å². The molecule has 0 saturated carbocycles. The zero-order valence-electron chi connectivity index (χ0n) is 22.7. The topological polar surface area (TPSA) is 104 Å². The predicted molar refractivity (Wildman–Crippen MR) is 139 cm³/mol. The van der Waals surface area contributed by atoms with Crippen LogP contribution in [-0.4, -0.2) is 145 Å². The molecule has 1 aliphatic rings. The summed E-state index contributed by atoms with van der Waals surface area (Å²) >= 11 is 0. The molecule has 0 spiro atoms. The number of piperidine rings is 1. The minimum absolute atomic E-state index is 0.377. The van der Waals surface area contributed by atoms with Crippen molar-refractivity contribution in [2.45, 2.75) is 18.9 Å². The van der Waals surface area contributed by atoms with Crippen LogP contribution in [0.15, 0.2) is 12.7 Å². The van der Waals surface area contributed by atoms with Crippen LogP contribution in [-0.2, 0) is 47.4 Å². The van der Waals surface area contributed by atoms with E-state index >= 15 is 0 Å². The molecule has 0 aromatic heterocycles. The molecular formula is C26H51NO10. The lowest BCUT2D eigenvalue weighted by atomic mass is 10.1. The summed E-state index contributed by atoms with van der Waals surface area (Å²) in [6.45, 7) is 16.1. The van der Waals surface area contributed by atoms with Gasteiger partial charge in [0.2, 0.25) is 0 Å². The summed E-state index contributed by atoms with van der Waals surface area (Å²) in [5, 5.41) is 3.33. The van der Waals surface area contributed by atoms with Crippen LogP contribution in [0.2, 0.25) is 0 Å². The lowest BCUT2D eigenvalue weighted by Gasteiger charge is -2.22. The Morgan fingerprint density at radius 2 is 0.757 bits per heavy atom. The van der Waals surface area contributed by atoms with Crippen molar-refractivity contribution in [3.8, 4) is 0 Å². The number of nitrogens with one attached hydrogen (secondary N) is 1. The van der Waals surface area contributed by atoms with Crippen molar-refractivity contribution < 1.29 is 47.4 Å². The second kappa shape index (κ2) is 29.9. The van der Waals surface area contributed by atoms with Gasteiger partial charge in [-0.2, -0.15) is 0 Å². The van der Waals surface area contributed by atoms with Crippen LogP contribution < -0.4 is 5.32 Å². The van der Waals surface area contributed by atoms with E-state index in [0.29, 0.717) is 132 Å². The van der Waals surface area contributed by atoms with Gasteiger partial charge >= 0.3 is 0 Å². The second-order valence-electron chi connectivity index (χ2n) is 8.08. The first-order chi connectivity index (χ1) is 18.4. The van der Waals surface area contributed by atoms with Gasteiger partial charge in [-0.05, 0) is 25.9 Å². The summed E-state index contributed by atoms with van der Waals surface area (Å²) in [6, 6.07) is 0. The smallest absolute Gasteiger partial charge is 0.0704 e. The first-order valence-electron chi connectivity index (χ1n) is 13.6. The molecule has 0 radical (unpaired) electrons. The molecule has 11 nitrogen and oxygen atoms in total. The van der Waals surface area contributed by atoms with E-state index in [4.69, 9.17) is 47.4 Å². The Hall–Kier alpha value is -0.700. The van der Waals surface area contributed by atoms with E-state index in [9.17, 15) is 0 Å². The second-order valence-corrected chi connectivity index (χ2v) is 8.08. The molecule has 0 aromatic rings. The van der Waals surface area contributed by atoms with Gasteiger partial charge in [-0.25, -0.2) is 0 Å². The molecule has 0 atom stereocenters. The van der Waals surface area contributed by atoms with Gasteiger partial charge in [-0.15, -0.1) is 6.58 Å². The van der Waals surface area contributed by atoms with E-state index < -0.39 is 0 Å². The van der Waals surface area contributed by atoms with Gasteiger partial charge in [0.05, 0.1) is 132 Å². The highest BCUT2D eigenvalue weighted by atomic mass is 16.6. The average Bonchev–Trinajstić information content (AvgIpc) is 2.93. The first kappa shape index (κ1) is 34.3. The summed E-state index contributed by atoms with van der Waals surface area (Å²) in [4.78, 5) is 0. The van der Waals surface area contributed by atoms with Crippen LogP contribution in [0.3, 0.4) is 0 Å². The van der Waals surface area contributed by atoms with Gasteiger partial charge < -0.3 is 52.7 Å². The summed E-state index contributed by atoms with van der Waals surface area (Å²) < 4.78 is 54.6. The molecule has 1 fully saturated rings. The Morgan fingerprint density at radius 3 is 1.08 bits per heavy atom. The number of rotatable bonds is 30. The van der Waals surface area contributed by atoms with Crippen LogP contribution in [0.1, 0.15) is 12.8 Å². The first-order valence-corrected chi connectivity index (χ1v) is 13.6. The third-order valence-electron chi connectivity index (χ3n) is 5.08. The van der Waals surface area contributed by atoms with Crippen LogP contribution in [0.4, 0.5) is 0 Å². The number of ether oxygens (including phenoxy) is 10. The van der Waals surface area contributed by atoms with Gasteiger partial charge in [-0.3, -0.25) is 0 Å². The van der Waals surface area contributed by atoms with Crippen molar-refractivity contribution in [1.29, 1.82) is 0 Å². The van der Waals surface area contributed by atoms with Gasteiger partial charge in [0.25, 0.3) is 0 Å². The molecule has 0 unspecified atom stereocenters. The van der Waals surface area contributed by atoms with E-state index in [1.165, 1.54) is 0 Å². The van der Waals surface area contributed by atoms with E-state index in [0.717, 1.165) is 25.9 Å². The summed E-state index contributed by atoms with van der Waals surface area (Å²) in [7, 11) is 0. The lowest BCUT2D eigenvalue weighted by molar-refractivity contribution is -0.0321. The zero-order chi connectivity index (χ0) is 26.3. The van der Waals surface area contributed by atoms with Gasteiger partial charge in [0.1, 0.15) is 0 Å². The van der Waals surface area contributed by atoms with E-state index in [1.807, 2.05) is 0 Å². The van der Waals surface area contributed by atoms with E-state index in [2.05, 4.69) is 11.9 Å². The molecule has 220 valence electrons. The Bertz CT molecular complexity index is 455. The van der Waals surface area contributed by atoms with Crippen LogP contribution in [0, 0.1) is 0 Å². The highest BCUT2D eigenvalue weighted by Crippen LogP contribution is 2.06. The Balaban J connectivity index is 1.61. The maximum Gasteiger partial charge on any atom is 0.0704 e. The van der Waals surface area contributed by atoms with Gasteiger partial charge in [-0.1, -0.05) is 6.08 Å². The van der Waals surface area contributed by atoms with E-state index in [-0.39, 0.29) is 0 Å². The highest BCUT2D eigenvalue weighted by Gasteiger charge is 2.12. The maximum atomic E-state index is 5.78. The Morgan fingerprint density at radius 1 is 0.459 bits per heavy atom. The fourth-order valence-electron chi connectivity index (χ4n) is 3.16. The molecule has 37 heavy (non-hydrogen) atoms. The maximum absolute atomic E-state index is 5.78. The summed E-state index contributed by atoms with van der Waals surface area (Å²) in [6.07, 6.45) is 4.26. The fraction of sp³-hybridized carbons (Fsp3) is 0.923. The molecule has 0 amide bonds. The SMILES string of the molecule is C=CCOCCOCCOCCOCCOCCOCCOCCOCCOCCOC1CCNCC1. The molecule has 1 saturated heterocycles. The zero-order valence-corrected chi connectivity index (χ0v) is 22.7. The fourth-order valence-corrected chi connectivity index (χ4v) is 3.16. The van der Waals surface area contributed by atoms with Crippen LogP contribution in [0.25, 0.3) is 0 Å². The van der Waals surface area contributed by atoms with Crippen molar-refractivity contribution in [2.75, 3.05) is 139 Å². The van der Waals surface area contributed by atoms with Crippen molar-refractivity contribution in [3.63, 3.8) is 0 Å². The van der Waals surface area contributed by atoms with Gasteiger partial charge in [0.15, 0.2) is 0 Å². The van der Waals surface area contributed by atoms with E-state index in [1.54, 1.807) is 6.08 Å². The third-order valence-corrected chi connectivity index (χ3v) is 5.08. The molecule has 0 aliphatic carbocycles. The molecule has 1 rings (SSSR count). The number of hydrogen-bond acceptors (Lipinski definition) is 11. The van der Waals surface area contributed by atoms with Crippen molar-refractivity contribution in [1.82, 2.24) is 5.32 Å². The minimum Gasteiger partial charge on any atom is -0.377 e. The lowest BCUT2D eigenvalue weighted by Crippen LogP contribution is -2.33. The number of hydrogen-bond donors (Lipinski definition) is 1. The largest absolute Gasteiger partial charge is 0.377 e. The quantitative estimate of drug-likeness (QED) is 0.105. The standard InChI is InChI=1S/C26H51NO10/c1-2-7-28-8-9-29-10-11-30-12-13-31-14-15-32-16-17-33-18-19-34-20-21-35-22-23-36-24-25-37-26-3-5-27-6-4-26/h2,26-27H,1,3-25H2. The summed E-state index contributed by atoms with van der Waals surface area (Å²) in [5.74, 6) is 0. The van der Waals surface area contributed by atoms with Crippen molar-refractivity contribution in [3.05, 3.63) is 12.7 Å². The predicted octanol–water partition coefficient (Wildman–Crippen LogP) is 1.09. The Kier molecular flexibility index (Phi) is 27.7. The monoisotopic (exact) mass is 537 g/mol. The average molecular weight is 538 g/mol. The molecule has 1 aliphatic heterocycles. The highest BCUT2D eigenvalue weighted by molar-refractivity contribution is 4.67. The molecular weight excluding hydrogens is 486 g/mol. The van der Waals surface area contributed by atoms with Crippen LogP contribution in [0.5, 0.6) is 0 Å². The third kappa shape index (κ3) is 26.7. The van der Waals surface area contributed by atoms with Crippen molar-refractivity contribution >= 4 is 0 Å². The molecule has 1 N–H and O–H groups in total. The Labute approximate surface area is 223 Å². The molecule has 0 aromatic carbocycles. The van der Waals surface area contributed by atoms with Crippen LogP contribution >= 0.6 is 0 Å². The van der Waals surface area contributed by atoms with Crippen molar-refractivity contribution in [2.24, 2.45) is 0 Å². The normalized spacial score (nSPS) is 14.4. The molecule has 1 heterocycles. The molecule has 0 bridgehead atoms. The molecule has 11 heteroatoms.